The lowest BCUT2D eigenvalue weighted by Gasteiger charge is -2.15. The van der Waals surface area contributed by atoms with Crippen molar-refractivity contribution in [2.75, 3.05) is 20.1 Å². The van der Waals surface area contributed by atoms with Crippen molar-refractivity contribution in [3.8, 4) is 0 Å². The van der Waals surface area contributed by atoms with E-state index in [1.807, 2.05) is 7.05 Å². The molecule has 3 nitrogen and oxygen atoms in total. The van der Waals surface area contributed by atoms with Gasteiger partial charge in [-0.05, 0) is 44.4 Å². The second kappa shape index (κ2) is 11.6. The summed E-state index contributed by atoms with van der Waals surface area (Å²) < 4.78 is 0. The highest BCUT2D eigenvalue weighted by Crippen LogP contribution is 2.19. The van der Waals surface area contributed by atoms with Gasteiger partial charge in [0.05, 0.1) is 0 Å². The van der Waals surface area contributed by atoms with E-state index in [1.54, 1.807) is 5.57 Å². The van der Waals surface area contributed by atoms with E-state index in [2.05, 4.69) is 35.5 Å². The highest BCUT2D eigenvalue weighted by atomic mass is 127. The average Bonchev–Trinajstić information content (AvgIpc) is 2.38. The molecule has 0 aromatic heterocycles. The molecule has 4 heteroatoms. The molecular weight excluding hydrogens is 349 g/mol. The van der Waals surface area contributed by atoms with Gasteiger partial charge in [-0.15, -0.1) is 24.0 Å². The van der Waals surface area contributed by atoms with Gasteiger partial charge in [0.25, 0.3) is 0 Å². The molecule has 19 heavy (non-hydrogen) atoms. The monoisotopic (exact) mass is 379 g/mol. The smallest absolute Gasteiger partial charge is 0.190 e. The summed E-state index contributed by atoms with van der Waals surface area (Å²) in [5.41, 5.74) is 1.62. The Morgan fingerprint density at radius 2 is 2.00 bits per heavy atom. The number of nitrogens with one attached hydrogen (secondary N) is 2. The molecule has 1 aliphatic rings. The van der Waals surface area contributed by atoms with Crippen molar-refractivity contribution < 1.29 is 0 Å². The summed E-state index contributed by atoms with van der Waals surface area (Å²) in [6.07, 6.45) is 10.1. The number of nitrogens with zero attached hydrogens (tertiary/aromatic N) is 1. The Morgan fingerprint density at radius 1 is 1.26 bits per heavy atom. The second-order valence-electron chi connectivity index (χ2n) is 5.47. The van der Waals surface area contributed by atoms with Gasteiger partial charge in [0.1, 0.15) is 0 Å². The van der Waals surface area contributed by atoms with Crippen LogP contribution in [0, 0.1) is 5.92 Å². The van der Waals surface area contributed by atoms with E-state index in [0.717, 1.165) is 31.4 Å². The summed E-state index contributed by atoms with van der Waals surface area (Å²) in [4.78, 5) is 4.24. The summed E-state index contributed by atoms with van der Waals surface area (Å²) in [5, 5.41) is 6.75. The van der Waals surface area contributed by atoms with E-state index in [9.17, 15) is 0 Å². The predicted molar refractivity (Wildman–Crippen MR) is 95.4 cm³/mol. The maximum atomic E-state index is 4.24. The van der Waals surface area contributed by atoms with Crippen LogP contribution >= 0.6 is 24.0 Å². The first-order valence-corrected chi connectivity index (χ1v) is 7.34. The third kappa shape index (κ3) is 9.30. The number of aliphatic imine (C=N–C) groups is 1. The van der Waals surface area contributed by atoms with Gasteiger partial charge in [-0.3, -0.25) is 4.99 Å². The van der Waals surface area contributed by atoms with Crippen LogP contribution < -0.4 is 10.6 Å². The number of guanidine groups is 1. The minimum absolute atomic E-state index is 0. The van der Waals surface area contributed by atoms with Gasteiger partial charge >= 0.3 is 0 Å². The normalized spacial score (nSPS) is 15.8. The minimum Gasteiger partial charge on any atom is -0.356 e. The molecule has 0 heterocycles. The van der Waals surface area contributed by atoms with Crippen molar-refractivity contribution in [3.63, 3.8) is 0 Å². The van der Waals surface area contributed by atoms with Crippen molar-refractivity contribution >= 4 is 29.9 Å². The summed E-state index contributed by atoms with van der Waals surface area (Å²) in [5.74, 6) is 1.68. The maximum absolute atomic E-state index is 4.24. The lowest BCUT2D eigenvalue weighted by Crippen LogP contribution is -2.38. The molecule has 0 aromatic rings. The molecule has 0 bridgehead atoms. The van der Waals surface area contributed by atoms with Gasteiger partial charge in [0, 0.05) is 20.1 Å². The number of hydrogen-bond acceptors (Lipinski definition) is 1. The fraction of sp³-hybridized carbons (Fsp3) is 0.800. The maximum Gasteiger partial charge on any atom is 0.190 e. The number of hydrogen-bond donors (Lipinski definition) is 2. The highest BCUT2D eigenvalue weighted by molar-refractivity contribution is 14.0. The summed E-state index contributed by atoms with van der Waals surface area (Å²) >= 11 is 0. The summed E-state index contributed by atoms with van der Waals surface area (Å²) in [6.45, 7) is 6.48. The Hall–Kier alpha value is -0.260. The van der Waals surface area contributed by atoms with Crippen LogP contribution in [0.5, 0.6) is 0 Å². The van der Waals surface area contributed by atoms with E-state index >= 15 is 0 Å². The zero-order valence-corrected chi connectivity index (χ0v) is 15.0. The Balaban J connectivity index is 0.00000324. The molecule has 1 aliphatic carbocycles. The SMILES string of the molecule is CN=C(NCCC1=CCCCC1)NCCC(C)C.I. The first-order valence-electron chi connectivity index (χ1n) is 7.34. The first-order chi connectivity index (χ1) is 8.72. The van der Waals surface area contributed by atoms with Crippen molar-refractivity contribution in [3.05, 3.63) is 11.6 Å². The molecule has 0 fully saturated rings. The molecule has 0 atom stereocenters. The van der Waals surface area contributed by atoms with Crippen molar-refractivity contribution in [2.45, 2.75) is 52.4 Å². The lowest BCUT2D eigenvalue weighted by molar-refractivity contribution is 0.573. The van der Waals surface area contributed by atoms with E-state index in [4.69, 9.17) is 0 Å². The molecule has 0 unspecified atom stereocenters. The zero-order valence-electron chi connectivity index (χ0n) is 12.7. The molecule has 0 saturated carbocycles. The van der Waals surface area contributed by atoms with Crippen LogP contribution in [0.1, 0.15) is 52.4 Å². The molecule has 1 rings (SSSR count). The number of allylic oxidation sites excluding steroid dienone is 1. The molecule has 112 valence electrons. The third-order valence-corrected chi connectivity index (χ3v) is 3.36. The molecule has 2 N–H and O–H groups in total. The molecule has 0 radical (unpaired) electrons. The predicted octanol–water partition coefficient (Wildman–Crippen LogP) is 3.71. The quantitative estimate of drug-likeness (QED) is 0.320. The van der Waals surface area contributed by atoms with Crippen molar-refractivity contribution in [1.82, 2.24) is 10.6 Å². The zero-order chi connectivity index (χ0) is 13.2. The number of rotatable bonds is 6. The van der Waals surface area contributed by atoms with Crippen LogP contribution in [0.25, 0.3) is 0 Å². The fourth-order valence-electron chi connectivity index (χ4n) is 2.17. The van der Waals surface area contributed by atoms with Crippen molar-refractivity contribution in [1.29, 1.82) is 0 Å². The van der Waals surface area contributed by atoms with E-state index in [-0.39, 0.29) is 24.0 Å². The third-order valence-electron chi connectivity index (χ3n) is 3.36. The van der Waals surface area contributed by atoms with Gasteiger partial charge in [0.2, 0.25) is 0 Å². The summed E-state index contributed by atoms with van der Waals surface area (Å²) in [7, 11) is 1.84. The van der Waals surface area contributed by atoms with Crippen LogP contribution in [0.3, 0.4) is 0 Å². The standard InChI is InChI=1S/C15H29N3.HI/c1-13(2)9-11-17-15(16-3)18-12-10-14-7-5-4-6-8-14;/h7,13H,4-6,8-12H2,1-3H3,(H2,16,17,18);1H. The molecule has 0 aliphatic heterocycles. The summed E-state index contributed by atoms with van der Waals surface area (Å²) in [6, 6.07) is 0. The molecule has 0 aromatic carbocycles. The molecular formula is C15H30IN3. The topological polar surface area (TPSA) is 36.4 Å². The van der Waals surface area contributed by atoms with Gasteiger partial charge in [-0.1, -0.05) is 25.5 Å². The van der Waals surface area contributed by atoms with Gasteiger partial charge in [0.15, 0.2) is 5.96 Å². The van der Waals surface area contributed by atoms with Crippen LogP contribution in [0.2, 0.25) is 0 Å². The fourth-order valence-corrected chi connectivity index (χ4v) is 2.17. The second-order valence-corrected chi connectivity index (χ2v) is 5.47. The molecule has 0 amide bonds. The van der Waals surface area contributed by atoms with E-state index in [0.29, 0.717) is 0 Å². The van der Waals surface area contributed by atoms with Gasteiger partial charge in [-0.25, -0.2) is 0 Å². The lowest BCUT2D eigenvalue weighted by atomic mass is 9.97. The number of halogens is 1. The Labute approximate surface area is 135 Å². The van der Waals surface area contributed by atoms with Crippen LogP contribution in [-0.4, -0.2) is 26.1 Å². The van der Waals surface area contributed by atoms with Crippen LogP contribution in [-0.2, 0) is 0 Å². The first kappa shape index (κ1) is 18.7. The Bertz CT molecular complexity index is 285. The van der Waals surface area contributed by atoms with Gasteiger partial charge < -0.3 is 10.6 Å². The Morgan fingerprint density at radius 3 is 2.58 bits per heavy atom. The van der Waals surface area contributed by atoms with E-state index < -0.39 is 0 Å². The molecule has 0 spiro atoms. The van der Waals surface area contributed by atoms with Crippen LogP contribution in [0.4, 0.5) is 0 Å². The van der Waals surface area contributed by atoms with Gasteiger partial charge in [-0.2, -0.15) is 0 Å². The Kier molecular flexibility index (Phi) is 11.4. The highest BCUT2D eigenvalue weighted by Gasteiger charge is 2.04. The largest absolute Gasteiger partial charge is 0.356 e. The average molecular weight is 379 g/mol. The molecule has 0 saturated heterocycles. The van der Waals surface area contributed by atoms with E-state index in [1.165, 1.54) is 32.1 Å². The van der Waals surface area contributed by atoms with Crippen LogP contribution in [0.15, 0.2) is 16.6 Å². The minimum atomic E-state index is 0. The van der Waals surface area contributed by atoms with Crippen molar-refractivity contribution in [2.24, 2.45) is 10.9 Å².